The van der Waals surface area contributed by atoms with Crippen LogP contribution in [0.1, 0.15) is 11.1 Å². The Hall–Kier alpha value is -2.79. The van der Waals surface area contributed by atoms with Crippen LogP contribution in [0.15, 0.2) is 36.4 Å². The Labute approximate surface area is 117 Å². The molecule has 1 heterocycles. The van der Waals surface area contributed by atoms with Crippen LogP contribution in [-0.4, -0.2) is 4.98 Å². The van der Waals surface area contributed by atoms with E-state index in [1.807, 2.05) is 11.5 Å². The van der Waals surface area contributed by atoms with Crippen molar-refractivity contribution in [2.24, 2.45) is 5.84 Å². The first kappa shape index (κ1) is 14.6. The Kier molecular flexibility index (Phi) is 3.95. The third-order valence-electron chi connectivity index (χ3n) is 2.46. The lowest BCUT2D eigenvalue weighted by Gasteiger charge is -2.11. The molecule has 0 aliphatic rings. The number of alkyl halides is 3. The second-order valence-electron chi connectivity index (χ2n) is 3.96. The average Bonchev–Trinajstić information content (AvgIpc) is 2.46. The smallest absolute Gasteiger partial charge is 0.416 e. The van der Waals surface area contributed by atoms with E-state index in [1.54, 1.807) is 12.1 Å². The summed E-state index contributed by atoms with van der Waals surface area (Å²) in [6, 6.07) is 9.38. The minimum absolute atomic E-state index is 0.184. The van der Waals surface area contributed by atoms with Crippen LogP contribution in [0.4, 0.5) is 19.0 Å². The molecule has 0 radical (unpaired) electrons. The van der Waals surface area contributed by atoms with Crippen molar-refractivity contribution in [3.05, 3.63) is 47.5 Å². The van der Waals surface area contributed by atoms with Gasteiger partial charge >= 0.3 is 6.18 Å². The van der Waals surface area contributed by atoms with Gasteiger partial charge < -0.3 is 10.2 Å². The first-order valence-corrected chi connectivity index (χ1v) is 5.66. The topological polar surface area (TPSA) is 84.0 Å². The molecule has 0 spiro atoms. The zero-order valence-corrected chi connectivity index (χ0v) is 10.5. The molecule has 3 N–H and O–H groups in total. The van der Waals surface area contributed by atoms with E-state index in [0.29, 0.717) is 5.56 Å². The van der Waals surface area contributed by atoms with Crippen molar-refractivity contribution < 1.29 is 17.9 Å². The first-order valence-electron chi connectivity index (χ1n) is 5.66. The number of nitrogens with zero attached hydrogens (tertiary/aromatic N) is 2. The number of hydrogen-bond acceptors (Lipinski definition) is 5. The molecular weight excluding hydrogens is 285 g/mol. The zero-order valence-electron chi connectivity index (χ0n) is 10.5. The van der Waals surface area contributed by atoms with Crippen molar-refractivity contribution in [1.82, 2.24) is 4.98 Å². The largest absolute Gasteiger partial charge is 0.439 e. The number of hydrogen-bond donors (Lipinski definition) is 2. The Balaban J connectivity index is 2.37. The van der Waals surface area contributed by atoms with Crippen LogP contribution in [0.3, 0.4) is 0 Å². The molecule has 2 aromatic rings. The number of anilines is 1. The van der Waals surface area contributed by atoms with Gasteiger partial charge in [0.05, 0.1) is 17.2 Å². The van der Waals surface area contributed by atoms with E-state index >= 15 is 0 Å². The summed E-state index contributed by atoms with van der Waals surface area (Å²) in [7, 11) is 0. The molecule has 108 valence electrons. The van der Waals surface area contributed by atoms with E-state index in [9.17, 15) is 13.2 Å². The molecule has 1 aromatic heterocycles. The molecule has 0 aliphatic carbocycles. The molecule has 2 rings (SSSR count). The van der Waals surface area contributed by atoms with Gasteiger partial charge in [0.25, 0.3) is 0 Å². The van der Waals surface area contributed by atoms with Crippen LogP contribution in [0.25, 0.3) is 0 Å². The van der Waals surface area contributed by atoms with Crippen molar-refractivity contribution in [1.29, 1.82) is 5.26 Å². The number of aromatic nitrogens is 1. The number of hydrazine groups is 1. The summed E-state index contributed by atoms with van der Waals surface area (Å²) in [4.78, 5) is 3.77. The summed E-state index contributed by atoms with van der Waals surface area (Å²) < 4.78 is 43.5. The molecular formula is C13H9F3N4O. The molecule has 0 atom stereocenters. The standard InChI is InChI=1S/C13H9F3N4O/c14-13(15,16)9-5-11(20-18)19-12(6-9)21-10-3-1-2-8(4-10)7-17/h1-6H,18H2,(H,19,20). The van der Waals surface area contributed by atoms with Gasteiger partial charge in [-0.1, -0.05) is 6.07 Å². The number of rotatable bonds is 3. The van der Waals surface area contributed by atoms with E-state index in [-0.39, 0.29) is 17.4 Å². The summed E-state index contributed by atoms with van der Waals surface area (Å²) in [6.45, 7) is 0. The molecule has 1 aromatic carbocycles. The van der Waals surface area contributed by atoms with Gasteiger partial charge in [-0.05, 0) is 24.3 Å². The molecule has 0 saturated heterocycles. The highest BCUT2D eigenvalue weighted by Crippen LogP contribution is 2.33. The Bertz CT molecular complexity index is 695. The SMILES string of the molecule is N#Cc1cccc(Oc2cc(C(F)(F)F)cc(NN)n2)c1. The van der Waals surface area contributed by atoms with Crippen molar-refractivity contribution in [2.45, 2.75) is 6.18 Å². The quantitative estimate of drug-likeness (QED) is 0.671. The Morgan fingerprint density at radius 3 is 2.62 bits per heavy atom. The van der Waals surface area contributed by atoms with Crippen LogP contribution in [0, 0.1) is 11.3 Å². The van der Waals surface area contributed by atoms with Crippen LogP contribution in [0.5, 0.6) is 11.6 Å². The highest BCUT2D eigenvalue weighted by molar-refractivity contribution is 5.43. The predicted octanol–water partition coefficient (Wildman–Crippen LogP) is 3.05. The van der Waals surface area contributed by atoms with E-state index in [4.69, 9.17) is 15.8 Å². The fraction of sp³-hybridized carbons (Fsp3) is 0.0769. The van der Waals surface area contributed by atoms with Crippen LogP contribution in [-0.2, 0) is 6.18 Å². The lowest BCUT2D eigenvalue weighted by molar-refractivity contribution is -0.137. The number of nitrogens with two attached hydrogens (primary N) is 1. The second kappa shape index (κ2) is 5.68. The molecule has 0 bridgehead atoms. The minimum atomic E-state index is -4.55. The summed E-state index contributed by atoms with van der Waals surface area (Å²) in [5, 5.41) is 8.76. The van der Waals surface area contributed by atoms with Crippen molar-refractivity contribution >= 4 is 5.82 Å². The maximum atomic E-state index is 12.7. The minimum Gasteiger partial charge on any atom is -0.439 e. The lowest BCUT2D eigenvalue weighted by Crippen LogP contribution is -2.12. The highest BCUT2D eigenvalue weighted by Gasteiger charge is 2.32. The van der Waals surface area contributed by atoms with E-state index in [0.717, 1.165) is 12.1 Å². The zero-order chi connectivity index (χ0) is 15.5. The van der Waals surface area contributed by atoms with Gasteiger partial charge in [0.15, 0.2) is 0 Å². The maximum absolute atomic E-state index is 12.7. The number of halogens is 3. The fourth-order valence-corrected chi connectivity index (χ4v) is 1.55. The van der Waals surface area contributed by atoms with Crippen LogP contribution in [0.2, 0.25) is 0 Å². The van der Waals surface area contributed by atoms with Crippen LogP contribution >= 0.6 is 0 Å². The molecule has 0 saturated carbocycles. The average molecular weight is 294 g/mol. The number of benzene rings is 1. The van der Waals surface area contributed by atoms with Gasteiger partial charge in [-0.15, -0.1) is 0 Å². The Morgan fingerprint density at radius 2 is 2.00 bits per heavy atom. The van der Waals surface area contributed by atoms with E-state index in [2.05, 4.69) is 4.98 Å². The molecule has 0 fully saturated rings. The number of pyridine rings is 1. The van der Waals surface area contributed by atoms with Gasteiger partial charge in [-0.2, -0.15) is 23.4 Å². The van der Waals surface area contributed by atoms with Crippen molar-refractivity contribution in [2.75, 3.05) is 5.43 Å². The Morgan fingerprint density at radius 1 is 1.24 bits per heavy atom. The summed E-state index contributed by atoms with van der Waals surface area (Å²) >= 11 is 0. The van der Waals surface area contributed by atoms with Gasteiger partial charge in [0.1, 0.15) is 11.6 Å². The third-order valence-corrected chi connectivity index (χ3v) is 2.46. The van der Waals surface area contributed by atoms with Crippen molar-refractivity contribution in [3.8, 4) is 17.7 Å². The molecule has 0 aliphatic heterocycles. The predicted molar refractivity (Wildman–Crippen MR) is 68.3 cm³/mol. The van der Waals surface area contributed by atoms with Gasteiger partial charge in [0.2, 0.25) is 5.88 Å². The number of nitrogen functional groups attached to an aromatic ring is 1. The number of nitrogens with one attached hydrogen (secondary N) is 1. The lowest BCUT2D eigenvalue weighted by atomic mass is 10.2. The number of ether oxygens (including phenoxy) is 1. The second-order valence-corrected chi connectivity index (χ2v) is 3.96. The molecule has 0 unspecified atom stereocenters. The van der Waals surface area contributed by atoms with Gasteiger partial charge in [0, 0.05) is 6.07 Å². The molecule has 5 nitrogen and oxygen atoms in total. The summed E-state index contributed by atoms with van der Waals surface area (Å²) in [5.41, 5.74) is 1.41. The molecule has 21 heavy (non-hydrogen) atoms. The highest BCUT2D eigenvalue weighted by atomic mass is 19.4. The summed E-state index contributed by atoms with van der Waals surface area (Å²) in [5.74, 6) is 4.82. The van der Waals surface area contributed by atoms with Crippen LogP contribution < -0.4 is 16.0 Å². The monoisotopic (exact) mass is 294 g/mol. The molecule has 8 heteroatoms. The fourth-order valence-electron chi connectivity index (χ4n) is 1.55. The molecule has 0 amide bonds. The van der Waals surface area contributed by atoms with E-state index in [1.165, 1.54) is 12.1 Å². The normalized spacial score (nSPS) is 10.8. The van der Waals surface area contributed by atoms with Crippen molar-refractivity contribution in [3.63, 3.8) is 0 Å². The number of nitriles is 1. The summed E-state index contributed by atoms with van der Waals surface area (Å²) in [6.07, 6.45) is -4.55. The van der Waals surface area contributed by atoms with E-state index < -0.39 is 11.7 Å². The first-order chi connectivity index (χ1) is 9.92. The third kappa shape index (κ3) is 3.61. The van der Waals surface area contributed by atoms with Gasteiger partial charge in [-0.3, -0.25) is 0 Å². The maximum Gasteiger partial charge on any atom is 0.416 e. The van der Waals surface area contributed by atoms with Gasteiger partial charge in [-0.25, -0.2) is 5.84 Å².